The van der Waals surface area contributed by atoms with Crippen LogP contribution in [0, 0.1) is 11.6 Å². The summed E-state index contributed by atoms with van der Waals surface area (Å²) >= 11 is 11.6. The van der Waals surface area contributed by atoms with Gasteiger partial charge in [-0.05, 0) is 79.3 Å². The van der Waals surface area contributed by atoms with Crippen molar-refractivity contribution >= 4 is 40.2 Å². The highest BCUT2D eigenvalue weighted by molar-refractivity contribution is 7.80. The number of hydrogen-bond acceptors (Lipinski definition) is 4. The lowest BCUT2D eigenvalue weighted by atomic mass is 9.94. The van der Waals surface area contributed by atoms with Gasteiger partial charge in [-0.25, -0.2) is 8.78 Å². The molecular weight excluding hydrogens is 478 g/mol. The third-order valence-electron chi connectivity index (χ3n) is 5.49. The number of anilines is 1. The molecule has 9 heteroatoms. The second kappa shape index (κ2) is 8.96. The molecule has 0 aliphatic carbocycles. The van der Waals surface area contributed by atoms with Crippen molar-refractivity contribution in [3.8, 4) is 11.4 Å². The van der Waals surface area contributed by atoms with Crippen molar-refractivity contribution in [1.82, 2.24) is 15.5 Å². The molecule has 34 heavy (non-hydrogen) atoms. The van der Waals surface area contributed by atoms with Gasteiger partial charge in [0, 0.05) is 16.3 Å². The highest BCUT2D eigenvalue weighted by atomic mass is 35.5. The van der Waals surface area contributed by atoms with Crippen LogP contribution in [0.2, 0.25) is 5.02 Å². The van der Waals surface area contributed by atoms with E-state index in [9.17, 15) is 8.78 Å². The number of hydrogen-bond donors (Lipinski definition) is 1. The Labute approximate surface area is 204 Å². The summed E-state index contributed by atoms with van der Waals surface area (Å²) < 4.78 is 33.8. The van der Waals surface area contributed by atoms with Crippen LogP contribution < -0.4 is 10.2 Å². The Morgan fingerprint density at radius 3 is 2.41 bits per heavy atom. The summed E-state index contributed by atoms with van der Waals surface area (Å²) in [5.74, 6) is -0.185. The molecule has 0 amide bonds. The quantitative estimate of drug-likeness (QED) is 0.325. The zero-order valence-corrected chi connectivity index (χ0v) is 19.4. The van der Waals surface area contributed by atoms with Crippen LogP contribution in [-0.4, -0.2) is 15.3 Å². The van der Waals surface area contributed by atoms with Gasteiger partial charge in [-0.3, -0.25) is 4.90 Å². The maximum atomic E-state index is 14.1. The van der Waals surface area contributed by atoms with E-state index in [1.54, 1.807) is 53.4 Å². The Kier molecular flexibility index (Phi) is 5.85. The molecule has 0 saturated heterocycles. The largest absolute Gasteiger partial charge is 0.351 e. The van der Waals surface area contributed by atoms with E-state index in [2.05, 4.69) is 15.5 Å². The zero-order valence-electron chi connectivity index (χ0n) is 17.8. The minimum absolute atomic E-state index is 0.230. The Morgan fingerprint density at radius 1 is 1.00 bits per heavy atom. The summed E-state index contributed by atoms with van der Waals surface area (Å²) in [6.07, 6.45) is 0. The van der Waals surface area contributed by atoms with E-state index in [4.69, 9.17) is 28.3 Å². The molecule has 1 aliphatic heterocycles. The van der Waals surface area contributed by atoms with E-state index >= 15 is 0 Å². The molecular formula is C25H17ClF2N4OS. The fourth-order valence-electron chi connectivity index (χ4n) is 3.93. The first-order valence-corrected chi connectivity index (χ1v) is 11.1. The fraction of sp³-hybridized carbons (Fsp3) is 0.0800. The SMILES string of the molecule is CC1=C(c2nc(-c3ccc(Cl)cc3)no2)C(c2cccc(F)c2)NC(=S)N1c1cccc(F)c1. The van der Waals surface area contributed by atoms with Gasteiger partial charge in [-0.2, -0.15) is 4.98 Å². The van der Waals surface area contributed by atoms with E-state index in [0.717, 1.165) is 5.56 Å². The molecule has 1 atom stereocenters. The molecule has 3 aromatic carbocycles. The summed E-state index contributed by atoms with van der Waals surface area (Å²) in [7, 11) is 0. The number of nitrogens with one attached hydrogen (secondary N) is 1. The number of thiocarbonyl (C=S) groups is 1. The first-order chi connectivity index (χ1) is 16.4. The van der Waals surface area contributed by atoms with Gasteiger partial charge in [0.15, 0.2) is 5.11 Å². The summed E-state index contributed by atoms with van der Waals surface area (Å²) in [5, 5.41) is 8.28. The lowest BCUT2D eigenvalue weighted by Gasteiger charge is -2.37. The van der Waals surface area contributed by atoms with E-state index in [1.807, 2.05) is 6.92 Å². The van der Waals surface area contributed by atoms with Crippen molar-refractivity contribution in [2.24, 2.45) is 0 Å². The smallest absolute Gasteiger partial charge is 0.258 e. The van der Waals surface area contributed by atoms with Gasteiger partial charge in [0.05, 0.1) is 17.3 Å². The molecule has 5 nitrogen and oxygen atoms in total. The second-order valence-corrected chi connectivity index (χ2v) is 8.51. The molecule has 4 aromatic rings. The van der Waals surface area contributed by atoms with E-state index in [1.165, 1.54) is 24.3 Å². The van der Waals surface area contributed by atoms with Crippen molar-refractivity contribution in [2.75, 3.05) is 4.90 Å². The third-order valence-corrected chi connectivity index (χ3v) is 6.04. The lowest BCUT2D eigenvalue weighted by molar-refractivity contribution is 0.404. The van der Waals surface area contributed by atoms with Gasteiger partial charge in [0.2, 0.25) is 5.82 Å². The molecule has 0 radical (unpaired) electrons. The molecule has 1 aromatic heterocycles. The second-order valence-electron chi connectivity index (χ2n) is 7.68. The number of halogens is 3. The normalized spacial score (nSPS) is 16.1. The molecule has 1 aliphatic rings. The summed E-state index contributed by atoms with van der Waals surface area (Å²) in [5.41, 5.74) is 3.12. The van der Waals surface area contributed by atoms with E-state index in [-0.39, 0.29) is 11.7 Å². The highest BCUT2D eigenvalue weighted by Crippen LogP contribution is 2.39. The average Bonchev–Trinajstić information content (AvgIpc) is 3.29. The number of aromatic nitrogens is 2. The first kappa shape index (κ1) is 22.2. The average molecular weight is 495 g/mol. The molecule has 1 N–H and O–H groups in total. The molecule has 0 fully saturated rings. The first-order valence-electron chi connectivity index (χ1n) is 10.3. The summed E-state index contributed by atoms with van der Waals surface area (Å²) in [4.78, 5) is 6.29. The number of benzene rings is 3. The lowest BCUT2D eigenvalue weighted by Crippen LogP contribution is -2.46. The topological polar surface area (TPSA) is 54.2 Å². The van der Waals surface area contributed by atoms with Crippen molar-refractivity contribution in [2.45, 2.75) is 13.0 Å². The molecule has 1 unspecified atom stereocenters. The molecule has 170 valence electrons. The predicted octanol–water partition coefficient (Wildman–Crippen LogP) is 6.54. The van der Waals surface area contributed by atoms with Crippen LogP contribution >= 0.6 is 23.8 Å². The molecule has 0 bridgehead atoms. The Bertz CT molecular complexity index is 1420. The van der Waals surface area contributed by atoms with Gasteiger partial charge in [-0.1, -0.05) is 35.0 Å². The number of allylic oxidation sites excluding steroid dienone is 1. The number of rotatable bonds is 4. The maximum absolute atomic E-state index is 14.1. The molecule has 0 spiro atoms. The van der Waals surface area contributed by atoms with Crippen LogP contribution in [0.1, 0.15) is 24.4 Å². The van der Waals surface area contributed by atoms with Crippen molar-refractivity contribution < 1.29 is 13.3 Å². The van der Waals surface area contributed by atoms with Crippen LogP contribution in [0.3, 0.4) is 0 Å². The molecule has 2 heterocycles. The monoisotopic (exact) mass is 494 g/mol. The van der Waals surface area contributed by atoms with Crippen molar-refractivity contribution in [3.05, 3.63) is 107 Å². The van der Waals surface area contributed by atoms with E-state index < -0.39 is 11.9 Å². The Hall–Kier alpha value is -3.62. The molecule has 5 rings (SSSR count). The molecule has 0 saturated carbocycles. The summed E-state index contributed by atoms with van der Waals surface area (Å²) in [6.45, 7) is 1.83. The van der Waals surface area contributed by atoms with Gasteiger partial charge in [-0.15, -0.1) is 0 Å². The van der Waals surface area contributed by atoms with Crippen LogP contribution in [-0.2, 0) is 0 Å². The number of nitrogens with zero attached hydrogens (tertiary/aromatic N) is 3. The Morgan fingerprint density at radius 2 is 1.71 bits per heavy atom. The van der Waals surface area contributed by atoms with Crippen LogP contribution in [0.5, 0.6) is 0 Å². The maximum Gasteiger partial charge on any atom is 0.258 e. The van der Waals surface area contributed by atoms with Gasteiger partial charge >= 0.3 is 0 Å². The van der Waals surface area contributed by atoms with Crippen molar-refractivity contribution in [3.63, 3.8) is 0 Å². The predicted molar refractivity (Wildman–Crippen MR) is 131 cm³/mol. The minimum atomic E-state index is -0.563. The van der Waals surface area contributed by atoms with Crippen LogP contribution in [0.25, 0.3) is 17.0 Å². The van der Waals surface area contributed by atoms with Crippen LogP contribution in [0.4, 0.5) is 14.5 Å². The van der Waals surface area contributed by atoms with Gasteiger partial charge < -0.3 is 9.84 Å². The van der Waals surface area contributed by atoms with Crippen molar-refractivity contribution in [1.29, 1.82) is 0 Å². The van der Waals surface area contributed by atoms with Gasteiger partial charge in [0.25, 0.3) is 5.89 Å². The zero-order chi connectivity index (χ0) is 23.8. The minimum Gasteiger partial charge on any atom is -0.351 e. The third kappa shape index (κ3) is 4.18. The van der Waals surface area contributed by atoms with E-state index in [0.29, 0.717) is 38.5 Å². The highest BCUT2D eigenvalue weighted by Gasteiger charge is 2.35. The Balaban J connectivity index is 1.66. The van der Waals surface area contributed by atoms with Gasteiger partial charge in [0.1, 0.15) is 11.6 Å². The standard InChI is InChI=1S/C25H17ClF2N4OS/c1-14-21(24-30-23(31-33-24)15-8-10-17(26)11-9-15)22(16-4-2-5-18(27)12-16)29-25(34)32(14)20-7-3-6-19(28)13-20/h2-13,22H,1H3,(H,29,34). The van der Waals surface area contributed by atoms with Crippen LogP contribution in [0.15, 0.2) is 83.0 Å². The summed E-state index contributed by atoms with van der Waals surface area (Å²) in [6, 6.07) is 18.8. The fourth-order valence-corrected chi connectivity index (χ4v) is 4.42.